The summed E-state index contributed by atoms with van der Waals surface area (Å²) in [6.07, 6.45) is 2.32. The summed E-state index contributed by atoms with van der Waals surface area (Å²) in [6.45, 7) is 1.15. The van der Waals surface area contributed by atoms with E-state index in [-0.39, 0.29) is 24.1 Å². The fraction of sp³-hybridized carbons (Fsp3) is 0.737. The van der Waals surface area contributed by atoms with E-state index in [1.807, 2.05) is 0 Å². The molecule has 0 aromatic carbocycles. The highest BCUT2D eigenvalue weighted by Crippen LogP contribution is 2.08. The Bertz CT molecular complexity index is 672. The molecule has 8 N–H and O–H groups in total. The van der Waals surface area contributed by atoms with Crippen molar-refractivity contribution in [2.75, 3.05) is 18.8 Å². The standard InChI is InChI=1S/C19H33N5O7S/c20-8-2-1-4-12(22-16(27)11-5-3-9-21-11)17(28)24-14(10-32)18(29)23-13(19(30)31)6-7-15(25)26/h11-14,21,32H,1-10,20H2,(H,22,27)(H,23,29)(H,24,28)(H,25,26)(H,30,31). The SMILES string of the molecule is NCCCCC(NC(=O)C1CCCN1)C(=O)NC(CS)C(=O)NC(CCC(=O)O)C(=O)O. The number of rotatable bonds is 15. The third-order valence-electron chi connectivity index (χ3n) is 5.03. The summed E-state index contributed by atoms with van der Waals surface area (Å²) in [5, 5.41) is 28.4. The highest BCUT2D eigenvalue weighted by atomic mass is 32.1. The summed E-state index contributed by atoms with van der Waals surface area (Å²) in [7, 11) is 0. The summed E-state index contributed by atoms with van der Waals surface area (Å²) in [6, 6.07) is -3.87. The smallest absolute Gasteiger partial charge is 0.326 e. The van der Waals surface area contributed by atoms with E-state index in [0.717, 1.165) is 13.0 Å². The first-order valence-corrected chi connectivity index (χ1v) is 11.2. The summed E-state index contributed by atoms with van der Waals surface area (Å²) in [4.78, 5) is 59.7. The van der Waals surface area contributed by atoms with Crippen molar-refractivity contribution in [3.05, 3.63) is 0 Å². The molecule has 0 aliphatic carbocycles. The lowest BCUT2D eigenvalue weighted by Gasteiger charge is -2.24. The minimum atomic E-state index is -1.42. The van der Waals surface area contributed by atoms with Gasteiger partial charge in [-0.15, -0.1) is 0 Å². The van der Waals surface area contributed by atoms with Crippen LogP contribution in [0.1, 0.15) is 44.9 Å². The zero-order valence-electron chi connectivity index (χ0n) is 17.8. The molecule has 182 valence electrons. The van der Waals surface area contributed by atoms with Gasteiger partial charge in [0.15, 0.2) is 0 Å². The van der Waals surface area contributed by atoms with Crippen LogP contribution in [-0.2, 0) is 24.0 Å². The van der Waals surface area contributed by atoms with Crippen LogP contribution in [0.15, 0.2) is 0 Å². The van der Waals surface area contributed by atoms with Crippen LogP contribution < -0.4 is 27.0 Å². The maximum Gasteiger partial charge on any atom is 0.326 e. The van der Waals surface area contributed by atoms with E-state index < -0.39 is 48.3 Å². The van der Waals surface area contributed by atoms with E-state index in [0.29, 0.717) is 32.2 Å². The summed E-state index contributed by atoms with van der Waals surface area (Å²) in [5.41, 5.74) is 5.50. The average Bonchev–Trinajstić information content (AvgIpc) is 3.28. The first-order valence-electron chi connectivity index (χ1n) is 10.6. The van der Waals surface area contributed by atoms with Gasteiger partial charge >= 0.3 is 11.9 Å². The Balaban J connectivity index is 2.77. The Morgan fingerprint density at radius 1 is 0.969 bits per heavy atom. The molecule has 1 aliphatic heterocycles. The van der Waals surface area contributed by atoms with Gasteiger partial charge in [-0.25, -0.2) is 4.79 Å². The van der Waals surface area contributed by atoms with Crippen molar-refractivity contribution in [1.82, 2.24) is 21.3 Å². The Labute approximate surface area is 191 Å². The van der Waals surface area contributed by atoms with Gasteiger partial charge in [-0.3, -0.25) is 19.2 Å². The lowest BCUT2D eigenvalue weighted by molar-refractivity contribution is -0.143. The molecule has 1 saturated heterocycles. The van der Waals surface area contributed by atoms with Crippen molar-refractivity contribution in [2.45, 2.75) is 69.1 Å². The van der Waals surface area contributed by atoms with Gasteiger partial charge in [0.2, 0.25) is 17.7 Å². The number of aliphatic carboxylic acids is 2. The van der Waals surface area contributed by atoms with Crippen molar-refractivity contribution < 1.29 is 34.2 Å². The van der Waals surface area contributed by atoms with E-state index in [4.69, 9.17) is 10.8 Å². The highest BCUT2D eigenvalue weighted by molar-refractivity contribution is 7.80. The van der Waals surface area contributed by atoms with Crippen molar-refractivity contribution in [2.24, 2.45) is 5.73 Å². The average molecular weight is 476 g/mol. The van der Waals surface area contributed by atoms with Crippen LogP contribution in [0.3, 0.4) is 0 Å². The molecule has 12 nitrogen and oxygen atoms in total. The van der Waals surface area contributed by atoms with Gasteiger partial charge in [0.25, 0.3) is 0 Å². The molecule has 0 aromatic heterocycles. The van der Waals surface area contributed by atoms with Gasteiger partial charge in [-0.1, -0.05) is 0 Å². The largest absolute Gasteiger partial charge is 0.481 e. The Kier molecular flexibility index (Phi) is 12.7. The molecule has 0 radical (unpaired) electrons. The maximum atomic E-state index is 12.8. The maximum absolute atomic E-state index is 12.8. The third-order valence-corrected chi connectivity index (χ3v) is 5.40. The van der Waals surface area contributed by atoms with Gasteiger partial charge in [0, 0.05) is 12.2 Å². The van der Waals surface area contributed by atoms with Gasteiger partial charge in [0.1, 0.15) is 18.1 Å². The van der Waals surface area contributed by atoms with Gasteiger partial charge in [0.05, 0.1) is 6.04 Å². The predicted octanol–water partition coefficient (Wildman–Crippen LogP) is -1.80. The monoisotopic (exact) mass is 475 g/mol. The van der Waals surface area contributed by atoms with Crippen molar-refractivity contribution in [3.8, 4) is 0 Å². The highest BCUT2D eigenvalue weighted by Gasteiger charge is 2.30. The second kappa shape index (κ2) is 14.6. The molecule has 13 heteroatoms. The molecule has 1 fully saturated rings. The number of hydrogen-bond donors (Lipinski definition) is 8. The van der Waals surface area contributed by atoms with Crippen LogP contribution in [0.25, 0.3) is 0 Å². The summed E-state index contributed by atoms with van der Waals surface area (Å²) >= 11 is 4.05. The van der Waals surface area contributed by atoms with E-state index in [9.17, 15) is 29.1 Å². The van der Waals surface area contributed by atoms with Crippen LogP contribution in [-0.4, -0.2) is 82.9 Å². The number of thiol groups is 1. The van der Waals surface area contributed by atoms with Crippen molar-refractivity contribution >= 4 is 42.3 Å². The first-order chi connectivity index (χ1) is 15.2. The van der Waals surface area contributed by atoms with Crippen molar-refractivity contribution in [1.29, 1.82) is 0 Å². The quantitative estimate of drug-likeness (QED) is 0.0994. The molecular weight excluding hydrogens is 442 g/mol. The molecule has 0 saturated carbocycles. The number of carboxylic acid groups (broad SMARTS) is 2. The van der Waals surface area contributed by atoms with Gasteiger partial charge in [-0.05, 0) is 51.6 Å². The molecule has 1 rings (SSSR count). The minimum Gasteiger partial charge on any atom is -0.481 e. The molecule has 0 aromatic rings. The van der Waals surface area contributed by atoms with Crippen LogP contribution in [0.2, 0.25) is 0 Å². The second-order valence-electron chi connectivity index (χ2n) is 7.57. The molecule has 1 heterocycles. The Hall–Kier alpha value is -2.38. The van der Waals surface area contributed by atoms with Crippen LogP contribution in [0.5, 0.6) is 0 Å². The van der Waals surface area contributed by atoms with Crippen LogP contribution in [0.4, 0.5) is 0 Å². The van der Waals surface area contributed by atoms with E-state index in [1.54, 1.807) is 0 Å². The molecule has 3 amide bonds. The summed E-state index contributed by atoms with van der Waals surface area (Å²) < 4.78 is 0. The number of carbonyl (C=O) groups excluding carboxylic acids is 3. The normalized spacial score (nSPS) is 18.2. The Morgan fingerprint density at radius 3 is 2.16 bits per heavy atom. The lowest BCUT2D eigenvalue weighted by atomic mass is 10.1. The number of hydrogen-bond acceptors (Lipinski definition) is 8. The second-order valence-corrected chi connectivity index (χ2v) is 7.94. The van der Waals surface area contributed by atoms with E-state index in [1.165, 1.54) is 0 Å². The van der Waals surface area contributed by atoms with Crippen molar-refractivity contribution in [3.63, 3.8) is 0 Å². The molecule has 4 atom stereocenters. The summed E-state index contributed by atoms with van der Waals surface area (Å²) in [5.74, 6) is -4.43. The third kappa shape index (κ3) is 9.83. The lowest BCUT2D eigenvalue weighted by Crippen LogP contribution is -2.57. The molecular formula is C19H33N5O7S. The first kappa shape index (κ1) is 27.7. The van der Waals surface area contributed by atoms with E-state index >= 15 is 0 Å². The predicted molar refractivity (Wildman–Crippen MR) is 118 cm³/mol. The van der Waals surface area contributed by atoms with Crippen LogP contribution >= 0.6 is 12.6 Å². The number of nitrogens with one attached hydrogen (secondary N) is 4. The van der Waals surface area contributed by atoms with Crippen LogP contribution in [0, 0.1) is 0 Å². The van der Waals surface area contributed by atoms with Gasteiger partial charge in [-0.2, -0.15) is 12.6 Å². The zero-order chi connectivity index (χ0) is 24.1. The number of nitrogens with two attached hydrogens (primary N) is 1. The Morgan fingerprint density at radius 2 is 1.62 bits per heavy atom. The zero-order valence-corrected chi connectivity index (χ0v) is 18.7. The molecule has 4 unspecified atom stereocenters. The number of carbonyl (C=O) groups is 5. The molecule has 32 heavy (non-hydrogen) atoms. The molecule has 0 bridgehead atoms. The number of amides is 3. The fourth-order valence-electron chi connectivity index (χ4n) is 3.21. The van der Waals surface area contributed by atoms with Gasteiger partial charge < -0.3 is 37.2 Å². The molecule has 0 spiro atoms. The van der Waals surface area contributed by atoms with E-state index in [2.05, 4.69) is 33.9 Å². The number of carboxylic acids is 2. The fourth-order valence-corrected chi connectivity index (χ4v) is 3.46. The number of unbranched alkanes of at least 4 members (excludes halogenated alkanes) is 1. The molecule has 1 aliphatic rings. The minimum absolute atomic E-state index is 0.128. The topological polar surface area (TPSA) is 200 Å².